The van der Waals surface area contributed by atoms with Crippen molar-refractivity contribution in [3.05, 3.63) is 21.8 Å². The third kappa shape index (κ3) is 3.75. The smallest absolute Gasteiger partial charge is 0.341 e. The standard InChI is InChI=1S/C18H22N4O3S2/c1-10-20-21-18(22(10)11-7-8-11)26-9-14(23)19-16-15(17(24)25-2)12-5-3-4-6-13(12)27-16/h11H,3-9H2,1-2H3,(H,19,23). The van der Waals surface area contributed by atoms with E-state index in [1.165, 1.54) is 35.1 Å². The topological polar surface area (TPSA) is 86.1 Å². The predicted octanol–water partition coefficient (Wildman–Crippen LogP) is 3.38. The molecule has 2 aromatic rings. The summed E-state index contributed by atoms with van der Waals surface area (Å²) in [7, 11) is 1.38. The number of methoxy groups -OCH3 is 1. The van der Waals surface area contributed by atoms with Crippen LogP contribution in [0.1, 0.15) is 58.3 Å². The van der Waals surface area contributed by atoms with Gasteiger partial charge in [0.2, 0.25) is 5.91 Å². The van der Waals surface area contributed by atoms with Gasteiger partial charge in [0.15, 0.2) is 5.16 Å². The van der Waals surface area contributed by atoms with Gasteiger partial charge in [-0.1, -0.05) is 11.8 Å². The van der Waals surface area contributed by atoms with Gasteiger partial charge >= 0.3 is 5.97 Å². The SMILES string of the molecule is COC(=O)c1c(NC(=O)CSc2nnc(C)n2C2CC2)sc2c1CCCC2. The van der Waals surface area contributed by atoms with Crippen molar-refractivity contribution in [3.63, 3.8) is 0 Å². The molecular formula is C18H22N4O3S2. The average Bonchev–Trinajstić information content (AvgIpc) is 3.33. The summed E-state index contributed by atoms with van der Waals surface area (Å²) in [6.45, 7) is 1.94. The quantitative estimate of drug-likeness (QED) is 0.585. The summed E-state index contributed by atoms with van der Waals surface area (Å²) < 4.78 is 7.07. The molecule has 27 heavy (non-hydrogen) atoms. The molecule has 0 bridgehead atoms. The summed E-state index contributed by atoms with van der Waals surface area (Å²) in [5.41, 5.74) is 1.58. The highest BCUT2D eigenvalue weighted by molar-refractivity contribution is 7.99. The summed E-state index contributed by atoms with van der Waals surface area (Å²) in [5.74, 6) is 0.598. The number of thiophene rings is 1. The van der Waals surface area contributed by atoms with Crippen LogP contribution in [0.5, 0.6) is 0 Å². The molecule has 0 radical (unpaired) electrons. The zero-order valence-electron chi connectivity index (χ0n) is 15.4. The van der Waals surface area contributed by atoms with Crippen LogP contribution in [0, 0.1) is 6.92 Å². The highest BCUT2D eigenvalue weighted by Crippen LogP contribution is 2.40. The number of rotatable bonds is 6. The monoisotopic (exact) mass is 406 g/mol. The van der Waals surface area contributed by atoms with E-state index in [0.29, 0.717) is 16.6 Å². The van der Waals surface area contributed by atoms with Crippen molar-refractivity contribution in [2.45, 2.75) is 56.6 Å². The van der Waals surface area contributed by atoms with Gasteiger partial charge in [-0.05, 0) is 51.0 Å². The van der Waals surface area contributed by atoms with E-state index in [4.69, 9.17) is 4.74 Å². The maximum Gasteiger partial charge on any atom is 0.341 e. The Hall–Kier alpha value is -1.87. The van der Waals surface area contributed by atoms with E-state index < -0.39 is 0 Å². The number of carbonyl (C=O) groups is 2. The van der Waals surface area contributed by atoms with Crippen LogP contribution >= 0.6 is 23.1 Å². The number of hydrogen-bond acceptors (Lipinski definition) is 7. The molecule has 1 fully saturated rings. The number of fused-ring (bicyclic) bond motifs is 1. The predicted molar refractivity (Wildman–Crippen MR) is 105 cm³/mol. The number of hydrogen-bond donors (Lipinski definition) is 1. The van der Waals surface area contributed by atoms with Crippen LogP contribution in [-0.2, 0) is 22.4 Å². The minimum atomic E-state index is -0.374. The number of nitrogens with one attached hydrogen (secondary N) is 1. The number of aryl methyl sites for hydroxylation is 2. The second-order valence-electron chi connectivity index (χ2n) is 6.87. The molecule has 0 aliphatic heterocycles. The normalized spacial score (nSPS) is 16.1. The molecule has 0 saturated heterocycles. The van der Waals surface area contributed by atoms with E-state index in [0.717, 1.165) is 55.1 Å². The average molecular weight is 407 g/mol. The van der Waals surface area contributed by atoms with E-state index in [1.54, 1.807) is 0 Å². The molecule has 0 atom stereocenters. The molecule has 1 N–H and O–H groups in total. The van der Waals surface area contributed by atoms with E-state index in [1.807, 2.05) is 6.92 Å². The lowest BCUT2D eigenvalue weighted by Gasteiger charge is -2.11. The van der Waals surface area contributed by atoms with E-state index >= 15 is 0 Å². The van der Waals surface area contributed by atoms with Crippen molar-refractivity contribution in [1.82, 2.24) is 14.8 Å². The molecule has 4 rings (SSSR count). The number of esters is 1. The molecule has 0 spiro atoms. The van der Waals surface area contributed by atoms with Crippen LogP contribution in [0.3, 0.4) is 0 Å². The van der Waals surface area contributed by atoms with Crippen molar-refractivity contribution in [3.8, 4) is 0 Å². The number of amides is 1. The number of nitrogens with zero attached hydrogens (tertiary/aromatic N) is 3. The first-order valence-electron chi connectivity index (χ1n) is 9.15. The van der Waals surface area contributed by atoms with Crippen LogP contribution in [0.25, 0.3) is 0 Å². The first-order valence-corrected chi connectivity index (χ1v) is 11.0. The Morgan fingerprint density at radius 1 is 1.30 bits per heavy atom. The van der Waals surface area contributed by atoms with Gasteiger partial charge in [0.05, 0.1) is 18.4 Å². The minimum absolute atomic E-state index is 0.147. The Morgan fingerprint density at radius 2 is 2.07 bits per heavy atom. The molecular weight excluding hydrogens is 384 g/mol. The third-order valence-electron chi connectivity index (χ3n) is 4.89. The van der Waals surface area contributed by atoms with Crippen LogP contribution < -0.4 is 5.32 Å². The first-order chi connectivity index (χ1) is 13.1. The van der Waals surface area contributed by atoms with Crippen LogP contribution in [-0.4, -0.2) is 39.5 Å². The number of carbonyl (C=O) groups excluding carboxylic acids is 2. The Kier molecular flexibility index (Phi) is 5.23. The van der Waals surface area contributed by atoms with Gasteiger partial charge in [-0.15, -0.1) is 21.5 Å². The number of aromatic nitrogens is 3. The Bertz CT molecular complexity index is 886. The van der Waals surface area contributed by atoms with Crippen LogP contribution in [0.4, 0.5) is 5.00 Å². The summed E-state index contributed by atoms with van der Waals surface area (Å²) in [6, 6.07) is 0.473. The van der Waals surface area contributed by atoms with Crippen molar-refractivity contribution in [2.75, 3.05) is 18.2 Å². The molecule has 1 amide bonds. The molecule has 2 aliphatic rings. The zero-order chi connectivity index (χ0) is 19.0. The van der Waals surface area contributed by atoms with Crippen LogP contribution in [0.2, 0.25) is 0 Å². The van der Waals surface area contributed by atoms with Crippen molar-refractivity contribution < 1.29 is 14.3 Å². The van der Waals surface area contributed by atoms with Crippen molar-refractivity contribution in [2.24, 2.45) is 0 Å². The lowest BCUT2D eigenvalue weighted by atomic mass is 9.95. The van der Waals surface area contributed by atoms with Gasteiger partial charge in [-0.2, -0.15) is 0 Å². The van der Waals surface area contributed by atoms with Gasteiger partial charge in [0.1, 0.15) is 10.8 Å². The fourth-order valence-electron chi connectivity index (χ4n) is 3.47. The molecule has 144 valence electrons. The van der Waals surface area contributed by atoms with E-state index in [2.05, 4.69) is 20.1 Å². The number of ether oxygens (including phenoxy) is 1. The lowest BCUT2D eigenvalue weighted by molar-refractivity contribution is -0.113. The maximum atomic E-state index is 12.5. The highest BCUT2D eigenvalue weighted by Gasteiger charge is 2.29. The van der Waals surface area contributed by atoms with E-state index in [-0.39, 0.29) is 17.6 Å². The summed E-state index contributed by atoms with van der Waals surface area (Å²) >= 11 is 2.89. The molecule has 0 unspecified atom stereocenters. The number of anilines is 1. The van der Waals surface area contributed by atoms with Gasteiger partial charge in [-0.3, -0.25) is 4.79 Å². The second-order valence-corrected chi connectivity index (χ2v) is 8.92. The zero-order valence-corrected chi connectivity index (χ0v) is 17.0. The lowest BCUT2D eigenvalue weighted by Crippen LogP contribution is -2.17. The van der Waals surface area contributed by atoms with Crippen LogP contribution in [0.15, 0.2) is 5.16 Å². The van der Waals surface area contributed by atoms with Crippen molar-refractivity contribution >= 4 is 40.0 Å². The molecule has 7 nitrogen and oxygen atoms in total. The largest absolute Gasteiger partial charge is 0.465 e. The van der Waals surface area contributed by atoms with Crippen molar-refractivity contribution in [1.29, 1.82) is 0 Å². The summed E-state index contributed by atoms with van der Waals surface area (Å²) in [4.78, 5) is 26.0. The molecule has 0 aromatic carbocycles. The molecule has 2 heterocycles. The Labute approximate surface area is 165 Å². The fourth-order valence-corrected chi connectivity index (χ4v) is 5.61. The molecule has 2 aromatic heterocycles. The van der Waals surface area contributed by atoms with Gasteiger partial charge < -0.3 is 14.6 Å². The van der Waals surface area contributed by atoms with Gasteiger partial charge in [-0.25, -0.2) is 4.79 Å². The Balaban J connectivity index is 1.47. The highest BCUT2D eigenvalue weighted by atomic mass is 32.2. The van der Waals surface area contributed by atoms with Gasteiger partial charge in [0.25, 0.3) is 0 Å². The molecule has 9 heteroatoms. The third-order valence-corrected chi connectivity index (χ3v) is 7.04. The van der Waals surface area contributed by atoms with E-state index in [9.17, 15) is 9.59 Å². The summed E-state index contributed by atoms with van der Waals surface area (Å²) in [6.07, 6.45) is 6.29. The summed E-state index contributed by atoms with van der Waals surface area (Å²) in [5, 5.41) is 12.6. The first kappa shape index (κ1) is 18.5. The maximum absolute atomic E-state index is 12.5. The second kappa shape index (κ2) is 7.63. The fraction of sp³-hybridized carbons (Fsp3) is 0.556. The molecule has 2 aliphatic carbocycles. The molecule has 1 saturated carbocycles. The Morgan fingerprint density at radius 3 is 2.81 bits per heavy atom. The van der Waals surface area contributed by atoms with Gasteiger partial charge in [0, 0.05) is 10.9 Å². The number of thioether (sulfide) groups is 1. The minimum Gasteiger partial charge on any atom is -0.465 e.